The van der Waals surface area contributed by atoms with E-state index >= 15 is 0 Å². The predicted octanol–water partition coefficient (Wildman–Crippen LogP) is 3.70. The molecule has 32 heavy (non-hydrogen) atoms. The van der Waals surface area contributed by atoms with Gasteiger partial charge in [0, 0.05) is 36.6 Å². The Bertz CT molecular complexity index is 1050. The van der Waals surface area contributed by atoms with Crippen LogP contribution in [0.25, 0.3) is 0 Å². The standard InChI is InChI=1S/C22H27Cl2N3O4S/c1-16(22(29)25-2)26(15-17-11-12-18(23)14-20(17)24)21(28)10-7-13-27(32(3,30)31)19-8-5-4-6-9-19/h4-6,8-9,11-12,14,16H,7,10,13,15H2,1-3H3,(H,25,29)/t16-/m0/s1. The average molecular weight is 500 g/mol. The second kappa shape index (κ2) is 11.5. The van der Waals surface area contributed by atoms with Crippen molar-refractivity contribution in [3.63, 3.8) is 0 Å². The smallest absolute Gasteiger partial charge is 0.242 e. The summed E-state index contributed by atoms with van der Waals surface area (Å²) >= 11 is 12.2. The van der Waals surface area contributed by atoms with Gasteiger partial charge in [-0.2, -0.15) is 0 Å². The zero-order valence-electron chi connectivity index (χ0n) is 18.2. The van der Waals surface area contributed by atoms with Gasteiger partial charge in [0.15, 0.2) is 0 Å². The highest BCUT2D eigenvalue weighted by atomic mass is 35.5. The largest absolute Gasteiger partial charge is 0.357 e. The Balaban J connectivity index is 2.15. The molecule has 7 nitrogen and oxygen atoms in total. The summed E-state index contributed by atoms with van der Waals surface area (Å²) in [5.41, 5.74) is 1.19. The maximum absolute atomic E-state index is 13.1. The molecule has 0 unspecified atom stereocenters. The van der Waals surface area contributed by atoms with Crippen LogP contribution in [0.15, 0.2) is 48.5 Å². The summed E-state index contributed by atoms with van der Waals surface area (Å²) in [5, 5.41) is 3.42. The lowest BCUT2D eigenvalue weighted by molar-refractivity contribution is -0.140. The van der Waals surface area contributed by atoms with Crippen LogP contribution in [-0.4, -0.2) is 51.0 Å². The third-order valence-corrected chi connectivity index (χ3v) is 6.75. The molecule has 0 heterocycles. The van der Waals surface area contributed by atoms with Gasteiger partial charge in [-0.3, -0.25) is 13.9 Å². The van der Waals surface area contributed by atoms with Gasteiger partial charge in [-0.05, 0) is 43.2 Å². The molecule has 2 aromatic rings. The summed E-state index contributed by atoms with van der Waals surface area (Å²) in [7, 11) is -2.01. The molecule has 0 aliphatic rings. The molecular weight excluding hydrogens is 473 g/mol. The van der Waals surface area contributed by atoms with Crippen LogP contribution in [0, 0.1) is 0 Å². The Labute approximate surface area is 199 Å². The summed E-state index contributed by atoms with van der Waals surface area (Å²) in [6, 6.07) is 12.9. The average Bonchev–Trinajstić information content (AvgIpc) is 2.74. The number of rotatable bonds is 10. The summed E-state index contributed by atoms with van der Waals surface area (Å²) in [6.07, 6.45) is 1.47. The van der Waals surface area contributed by atoms with Crippen LogP contribution in [0.2, 0.25) is 10.0 Å². The van der Waals surface area contributed by atoms with Gasteiger partial charge in [0.2, 0.25) is 21.8 Å². The van der Waals surface area contributed by atoms with Crippen molar-refractivity contribution in [3.8, 4) is 0 Å². The number of carbonyl (C=O) groups is 2. The predicted molar refractivity (Wildman–Crippen MR) is 128 cm³/mol. The summed E-state index contributed by atoms with van der Waals surface area (Å²) < 4.78 is 25.7. The lowest BCUT2D eigenvalue weighted by atomic mass is 10.1. The first-order chi connectivity index (χ1) is 15.0. The Morgan fingerprint density at radius 3 is 2.31 bits per heavy atom. The van der Waals surface area contributed by atoms with Gasteiger partial charge in [0.05, 0.1) is 11.9 Å². The molecule has 10 heteroatoms. The van der Waals surface area contributed by atoms with Crippen LogP contribution in [0.1, 0.15) is 25.3 Å². The molecule has 2 rings (SSSR count). The minimum atomic E-state index is -3.51. The summed E-state index contributed by atoms with van der Waals surface area (Å²) in [5.74, 6) is -0.598. The van der Waals surface area contributed by atoms with Crippen LogP contribution in [-0.2, 0) is 26.2 Å². The number of carbonyl (C=O) groups excluding carboxylic acids is 2. The Morgan fingerprint density at radius 1 is 1.09 bits per heavy atom. The van der Waals surface area contributed by atoms with Gasteiger partial charge in [0.1, 0.15) is 6.04 Å². The minimum Gasteiger partial charge on any atom is -0.357 e. The van der Waals surface area contributed by atoms with Crippen molar-refractivity contribution >= 4 is 50.7 Å². The van der Waals surface area contributed by atoms with Gasteiger partial charge < -0.3 is 10.2 Å². The molecular formula is C22H27Cl2N3O4S. The fourth-order valence-electron chi connectivity index (χ4n) is 3.22. The number of benzene rings is 2. The van der Waals surface area contributed by atoms with Crippen LogP contribution in [0.3, 0.4) is 0 Å². The van der Waals surface area contributed by atoms with Crippen LogP contribution in [0.5, 0.6) is 0 Å². The molecule has 1 atom stereocenters. The van der Waals surface area contributed by atoms with E-state index in [2.05, 4.69) is 5.32 Å². The molecule has 0 aromatic heterocycles. The molecule has 2 aromatic carbocycles. The van der Waals surface area contributed by atoms with E-state index in [0.717, 1.165) is 6.26 Å². The SMILES string of the molecule is CNC(=O)[C@H](C)N(Cc1ccc(Cl)cc1Cl)C(=O)CCCN(c1ccccc1)S(C)(=O)=O. The number of amides is 2. The molecule has 174 valence electrons. The molecule has 1 N–H and O–H groups in total. The molecule has 0 radical (unpaired) electrons. The quantitative estimate of drug-likeness (QED) is 0.539. The molecule has 0 aliphatic carbocycles. The molecule has 2 amide bonds. The monoisotopic (exact) mass is 499 g/mol. The number of nitrogens with zero attached hydrogens (tertiary/aromatic N) is 2. The number of para-hydroxylation sites is 1. The van der Waals surface area contributed by atoms with E-state index in [1.54, 1.807) is 55.5 Å². The van der Waals surface area contributed by atoms with Gasteiger partial charge >= 0.3 is 0 Å². The van der Waals surface area contributed by atoms with Crippen molar-refractivity contribution in [2.75, 3.05) is 24.2 Å². The zero-order valence-corrected chi connectivity index (χ0v) is 20.5. The first kappa shape index (κ1) is 26.0. The van der Waals surface area contributed by atoms with Crippen molar-refractivity contribution < 1.29 is 18.0 Å². The van der Waals surface area contributed by atoms with E-state index < -0.39 is 16.1 Å². The number of likely N-dealkylation sites (N-methyl/N-ethyl adjacent to an activating group) is 1. The summed E-state index contributed by atoms with van der Waals surface area (Å²) in [6.45, 7) is 1.89. The fraction of sp³-hybridized carbons (Fsp3) is 0.364. The summed E-state index contributed by atoms with van der Waals surface area (Å²) in [4.78, 5) is 26.7. The minimum absolute atomic E-state index is 0.0609. The van der Waals surface area contributed by atoms with Crippen molar-refractivity contribution in [2.45, 2.75) is 32.4 Å². The van der Waals surface area contributed by atoms with E-state index in [1.165, 1.54) is 16.3 Å². The molecule has 0 spiro atoms. The normalized spacial score (nSPS) is 12.2. The number of nitrogens with one attached hydrogen (secondary N) is 1. The van der Waals surface area contributed by atoms with Gasteiger partial charge in [-0.15, -0.1) is 0 Å². The first-order valence-corrected chi connectivity index (χ1v) is 12.6. The van der Waals surface area contributed by atoms with Crippen LogP contribution >= 0.6 is 23.2 Å². The maximum Gasteiger partial charge on any atom is 0.242 e. The number of hydrogen-bond acceptors (Lipinski definition) is 4. The number of sulfonamides is 1. The van der Waals surface area contributed by atoms with E-state index in [0.29, 0.717) is 21.3 Å². The molecule has 0 saturated carbocycles. The zero-order chi connectivity index (χ0) is 23.9. The van der Waals surface area contributed by atoms with Crippen molar-refractivity contribution in [1.29, 1.82) is 0 Å². The third-order valence-electron chi connectivity index (χ3n) is 4.97. The lowest BCUT2D eigenvalue weighted by Gasteiger charge is -2.29. The molecule has 0 fully saturated rings. The van der Waals surface area contributed by atoms with Gasteiger partial charge in [0.25, 0.3) is 0 Å². The van der Waals surface area contributed by atoms with Gasteiger partial charge in [-0.1, -0.05) is 47.5 Å². The third kappa shape index (κ3) is 7.12. The van der Waals surface area contributed by atoms with E-state index in [-0.39, 0.29) is 37.7 Å². The highest BCUT2D eigenvalue weighted by Gasteiger charge is 2.26. The second-order valence-corrected chi connectivity index (χ2v) is 10.1. The second-order valence-electron chi connectivity index (χ2n) is 7.32. The number of anilines is 1. The Kier molecular flexibility index (Phi) is 9.36. The highest BCUT2D eigenvalue weighted by molar-refractivity contribution is 7.92. The van der Waals surface area contributed by atoms with E-state index in [9.17, 15) is 18.0 Å². The Morgan fingerprint density at radius 2 is 1.75 bits per heavy atom. The lowest BCUT2D eigenvalue weighted by Crippen LogP contribution is -2.46. The van der Waals surface area contributed by atoms with Gasteiger partial charge in [-0.25, -0.2) is 8.42 Å². The highest BCUT2D eigenvalue weighted by Crippen LogP contribution is 2.24. The molecule has 0 aliphatic heterocycles. The number of hydrogen-bond donors (Lipinski definition) is 1. The van der Waals surface area contributed by atoms with E-state index in [1.807, 2.05) is 0 Å². The van der Waals surface area contributed by atoms with Crippen molar-refractivity contribution in [2.24, 2.45) is 0 Å². The first-order valence-electron chi connectivity index (χ1n) is 10.0. The van der Waals surface area contributed by atoms with Crippen molar-refractivity contribution in [3.05, 3.63) is 64.1 Å². The topological polar surface area (TPSA) is 86.8 Å². The van der Waals surface area contributed by atoms with Crippen molar-refractivity contribution in [1.82, 2.24) is 10.2 Å². The fourth-order valence-corrected chi connectivity index (χ4v) is 4.66. The molecule has 0 saturated heterocycles. The maximum atomic E-state index is 13.1. The van der Waals surface area contributed by atoms with Crippen LogP contribution in [0.4, 0.5) is 5.69 Å². The van der Waals surface area contributed by atoms with E-state index in [4.69, 9.17) is 23.2 Å². The Hall–Kier alpha value is -2.29. The van der Waals surface area contributed by atoms with Crippen LogP contribution < -0.4 is 9.62 Å². The number of halogens is 2. The molecule has 0 bridgehead atoms.